The Morgan fingerprint density at radius 3 is 2.65 bits per heavy atom. The Bertz CT molecular complexity index is 602. The van der Waals surface area contributed by atoms with Crippen LogP contribution in [0.5, 0.6) is 0 Å². The number of benzene rings is 1. The molecule has 0 saturated carbocycles. The lowest BCUT2D eigenvalue weighted by molar-refractivity contribution is 0.0922. The van der Waals surface area contributed by atoms with E-state index in [1.807, 2.05) is 6.92 Å². The summed E-state index contributed by atoms with van der Waals surface area (Å²) in [6.45, 7) is 4.79. The predicted molar refractivity (Wildman–Crippen MR) is 79.1 cm³/mol. The monoisotopic (exact) mass is 364 g/mol. The number of carbonyl (C=O) groups is 1. The van der Waals surface area contributed by atoms with E-state index in [4.69, 9.17) is 9.88 Å². The summed E-state index contributed by atoms with van der Waals surface area (Å²) >= 11 is 3.23. The standard InChI is InChI=1S/C12H17BrN2O4S/c1-3-19-5-4-15-12(16)9-6-10(13)8(2)11(7-9)20(14,17)18/h6-7H,3-5H2,1-2H3,(H,15,16)(H2,14,17,18). The Labute approximate surface area is 126 Å². The third-order valence-electron chi connectivity index (χ3n) is 2.60. The van der Waals surface area contributed by atoms with E-state index >= 15 is 0 Å². The average molecular weight is 365 g/mol. The molecule has 1 amide bonds. The summed E-state index contributed by atoms with van der Waals surface area (Å²) in [6, 6.07) is 2.82. The van der Waals surface area contributed by atoms with Crippen LogP contribution in [0.4, 0.5) is 0 Å². The lowest BCUT2D eigenvalue weighted by Gasteiger charge is -2.10. The van der Waals surface area contributed by atoms with Crippen LogP contribution in [-0.4, -0.2) is 34.1 Å². The summed E-state index contributed by atoms with van der Waals surface area (Å²) in [7, 11) is -3.88. The van der Waals surface area contributed by atoms with Gasteiger partial charge in [-0.3, -0.25) is 4.79 Å². The Balaban J connectivity index is 2.97. The number of nitrogens with one attached hydrogen (secondary N) is 1. The predicted octanol–water partition coefficient (Wildman–Crippen LogP) is 1.17. The maximum Gasteiger partial charge on any atom is 0.251 e. The lowest BCUT2D eigenvalue weighted by Crippen LogP contribution is -2.27. The first-order chi connectivity index (χ1) is 9.27. The molecule has 3 N–H and O–H groups in total. The van der Waals surface area contributed by atoms with Gasteiger partial charge in [-0.05, 0) is 31.5 Å². The number of amides is 1. The quantitative estimate of drug-likeness (QED) is 0.740. The van der Waals surface area contributed by atoms with Gasteiger partial charge >= 0.3 is 0 Å². The van der Waals surface area contributed by atoms with Crippen molar-refractivity contribution in [1.29, 1.82) is 0 Å². The second-order valence-electron chi connectivity index (χ2n) is 4.08. The van der Waals surface area contributed by atoms with Crippen molar-refractivity contribution in [3.05, 3.63) is 27.7 Å². The molecule has 0 aromatic heterocycles. The maximum absolute atomic E-state index is 11.9. The van der Waals surface area contributed by atoms with Crippen molar-refractivity contribution in [2.75, 3.05) is 19.8 Å². The van der Waals surface area contributed by atoms with Gasteiger partial charge in [-0.2, -0.15) is 0 Å². The van der Waals surface area contributed by atoms with Gasteiger partial charge in [0.15, 0.2) is 0 Å². The molecule has 1 rings (SSSR count). The van der Waals surface area contributed by atoms with Gasteiger partial charge < -0.3 is 10.1 Å². The molecule has 0 saturated heterocycles. The van der Waals surface area contributed by atoms with Gasteiger partial charge in [-0.1, -0.05) is 15.9 Å². The number of halogens is 1. The van der Waals surface area contributed by atoms with E-state index in [1.54, 1.807) is 13.0 Å². The zero-order valence-electron chi connectivity index (χ0n) is 11.3. The summed E-state index contributed by atoms with van der Waals surface area (Å²) in [5.74, 6) is -0.379. The molecule has 1 aromatic carbocycles. The van der Waals surface area contributed by atoms with E-state index in [9.17, 15) is 13.2 Å². The summed E-state index contributed by atoms with van der Waals surface area (Å²) in [5, 5.41) is 7.77. The molecule has 1 aromatic rings. The fourth-order valence-electron chi connectivity index (χ4n) is 1.56. The minimum atomic E-state index is -3.88. The van der Waals surface area contributed by atoms with Crippen LogP contribution in [0.1, 0.15) is 22.8 Å². The molecule has 8 heteroatoms. The lowest BCUT2D eigenvalue weighted by atomic mass is 10.1. The number of primary sulfonamides is 1. The first kappa shape index (κ1) is 17.1. The molecule has 0 spiro atoms. The molecule has 112 valence electrons. The number of hydrogen-bond acceptors (Lipinski definition) is 4. The van der Waals surface area contributed by atoms with Crippen LogP contribution in [0.3, 0.4) is 0 Å². The van der Waals surface area contributed by atoms with E-state index in [-0.39, 0.29) is 16.4 Å². The number of hydrogen-bond donors (Lipinski definition) is 2. The molecule has 0 heterocycles. The van der Waals surface area contributed by atoms with E-state index in [0.29, 0.717) is 29.8 Å². The molecule has 0 aliphatic carbocycles. The minimum absolute atomic E-state index is 0.0677. The molecule has 0 radical (unpaired) electrons. The van der Waals surface area contributed by atoms with Crippen LogP contribution in [-0.2, 0) is 14.8 Å². The van der Waals surface area contributed by atoms with Crippen molar-refractivity contribution in [2.24, 2.45) is 5.14 Å². The smallest absolute Gasteiger partial charge is 0.251 e. The Kier molecular flexibility index (Phi) is 6.12. The van der Waals surface area contributed by atoms with Crippen molar-refractivity contribution < 1.29 is 17.9 Å². The second kappa shape index (κ2) is 7.16. The Morgan fingerprint density at radius 1 is 1.45 bits per heavy atom. The third kappa shape index (κ3) is 4.55. The second-order valence-corrected chi connectivity index (χ2v) is 6.46. The highest BCUT2D eigenvalue weighted by Gasteiger charge is 2.17. The highest BCUT2D eigenvalue weighted by Crippen LogP contribution is 2.25. The number of sulfonamides is 1. The van der Waals surface area contributed by atoms with Crippen molar-refractivity contribution in [1.82, 2.24) is 5.32 Å². The van der Waals surface area contributed by atoms with Gasteiger partial charge in [-0.25, -0.2) is 13.6 Å². The first-order valence-corrected chi connectivity index (χ1v) is 8.30. The largest absolute Gasteiger partial charge is 0.380 e. The molecule has 0 unspecified atom stereocenters. The van der Waals surface area contributed by atoms with E-state index < -0.39 is 10.0 Å². The minimum Gasteiger partial charge on any atom is -0.380 e. The molecule has 0 bridgehead atoms. The SMILES string of the molecule is CCOCCNC(=O)c1cc(Br)c(C)c(S(N)(=O)=O)c1. The topological polar surface area (TPSA) is 98.5 Å². The third-order valence-corrected chi connectivity index (χ3v) is 4.46. The summed E-state index contributed by atoms with van der Waals surface area (Å²) in [4.78, 5) is 11.9. The molecule has 6 nitrogen and oxygen atoms in total. The van der Waals surface area contributed by atoms with Crippen LogP contribution in [0.25, 0.3) is 0 Å². The molecule has 0 aliphatic rings. The normalized spacial score (nSPS) is 11.4. The zero-order valence-corrected chi connectivity index (χ0v) is 13.7. The van der Waals surface area contributed by atoms with Crippen LogP contribution in [0, 0.1) is 6.92 Å². The fourth-order valence-corrected chi connectivity index (χ4v) is 2.98. The summed E-state index contributed by atoms with van der Waals surface area (Å²) in [6.07, 6.45) is 0. The van der Waals surface area contributed by atoms with Crippen molar-refractivity contribution in [3.8, 4) is 0 Å². The number of nitrogens with two attached hydrogens (primary N) is 1. The maximum atomic E-state index is 11.9. The van der Waals surface area contributed by atoms with Crippen molar-refractivity contribution >= 4 is 31.9 Å². The summed E-state index contributed by atoms with van der Waals surface area (Å²) in [5.41, 5.74) is 0.696. The van der Waals surface area contributed by atoms with E-state index in [0.717, 1.165) is 0 Å². The van der Waals surface area contributed by atoms with Crippen LogP contribution in [0.2, 0.25) is 0 Å². The van der Waals surface area contributed by atoms with Gasteiger partial charge in [0.25, 0.3) is 5.91 Å². The average Bonchev–Trinajstić information content (AvgIpc) is 2.36. The Morgan fingerprint density at radius 2 is 2.10 bits per heavy atom. The highest BCUT2D eigenvalue weighted by molar-refractivity contribution is 9.10. The van der Waals surface area contributed by atoms with Crippen LogP contribution in [0.15, 0.2) is 21.5 Å². The van der Waals surface area contributed by atoms with Crippen LogP contribution < -0.4 is 10.5 Å². The fraction of sp³-hybridized carbons (Fsp3) is 0.417. The van der Waals surface area contributed by atoms with Crippen LogP contribution >= 0.6 is 15.9 Å². The number of carbonyl (C=O) groups excluding carboxylic acids is 1. The zero-order chi connectivity index (χ0) is 15.3. The Hall–Kier alpha value is -0.960. The highest BCUT2D eigenvalue weighted by atomic mass is 79.9. The molecule has 20 heavy (non-hydrogen) atoms. The van der Waals surface area contributed by atoms with Gasteiger partial charge in [0.05, 0.1) is 11.5 Å². The molecule has 0 atom stereocenters. The molecular formula is C12H17BrN2O4S. The van der Waals surface area contributed by atoms with Crippen molar-refractivity contribution in [3.63, 3.8) is 0 Å². The van der Waals surface area contributed by atoms with Gasteiger partial charge in [0, 0.05) is 23.2 Å². The number of ether oxygens (including phenoxy) is 1. The van der Waals surface area contributed by atoms with Gasteiger partial charge in [0.2, 0.25) is 10.0 Å². The molecule has 0 fully saturated rings. The van der Waals surface area contributed by atoms with Gasteiger partial charge in [0.1, 0.15) is 0 Å². The van der Waals surface area contributed by atoms with E-state index in [2.05, 4.69) is 21.2 Å². The first-order valence-electron chi connectivity index (χ1n) is 5.96. The van der Waals surface area contributed by atoms with Crippen molar-refractivity contribution in [2.45, 2.75) is 18.7 Å². The van der Waals surface area contributed by atoms with E-state index in [1.165, 1.54) is 6.07 Å². The molecular weight excluding hydrogens is 348 g/mol. The summed E-state index contributed by atoms with van der Waals surface area (Å²) < 4.78 is 28.6. The van der Waals surface area contributed by atoms with Gasteiger partial charge in [-0.15, -0.1) is 0 Å². The number of rotatable bonds is 6. The molecule has 0 aliphatic heterocycles.